The topological polar surface area (TPSA) is 63.9 Å². The van der Waals surface area contributed by atoms with Crippen LogP contribution in [-0.4, -0.2) is 38.4 Å². The van der Waals surface area contributed by atoms with E-state index in [0.717, 1.165) is 11.4 Å². The summed E-state index contributed by atoms with van der Waals surface area (Å²) in [5, 5.41) is 12.2. The van der Waals surface area contributed by atoms with Gasteiger partial charge in [0.15, 0.2) is 0 Å². The van der Waals surface area contributed by atoms with Crippen molar-refractivity contribution in [1.29, 1.82) is 0 Å². The van der Waals surface area contributed by atoms with Gasteiger partial charge >= 0.3 is 0 Å². The lowest BCUT2D eigenvalue weighted by atomic mass is 10.1. The van der Waals surface area contributed by atoms with Crippen molar-refractivity contribution in [2.45, 2.75) is 31.2 Å². The third kappa shape index (κ3) is 3.77. The number of anilines is 1. The first-order chi connectivity index (χ1) is 12.5. The Morgan fingerprint density at radius 2 is 1.85 bits per heavy atom. The Morgan fingerprint density at radius 1 is 1.12 bits per heavy atom. The highest BCUT2D eigenvalue weighted by molar-refractivity contribution is 8.00. The van der Waals surface area contributed by atoms with E-state index in [1.165, 1.54) is 22.9 Å². The second-order valence-corrected chi connectivity index (χ2v) is 7.44. The van der Waals surface area contributed by atoms with Gasteiger partial charge in [0.05, 0.1) is 10.9 Å². The Kier molecular flexibility index (Phi) is 5.37. The van der Waals surface area contributed by atoms with E-state index in [1.807, 2.05) is 55.5 Å². The van der Waals surface area contributed by atoms with E-state index < -0.39 is 0 Å². The first kappa shape index (κ1) is 18.1. The molecule has 3 aromatic rings. The number of aromatic nitrogens is 4. The highest BCUT2D eigenvalue weighted by Gasteiger charge is 2.23. The maximum Gasteiger partial charge on any atom is 0.240 e. The van der Waals surface area contributed by atoms with Gasteiger partial charge in [-0.1, -0.05) is 36.0 Å². The minimum atomic E-state index is -0.323. The van der Waals surface area contributed by atoms with Crippen LogP contribution in [-0.2, 0) is 4.79 Å². The van der Waals surface area contributed by atoms with Gasteiger partial charge in [0.1, 0.15) is 0 Å². The maximum atomic E-state index is 12.7. The van der Waals surface area contributed by atoms with E-state index in [0.29, 0.717) is 5.16 Å². The number of benzene rings is 2. The molecule has 0 radical (unpaired) electrons. The number of tetrazole rings is 1. The summed E-state index contributed by atoms with van der Waals surface area (Å²) in [4.78, 5) is 14.4. The highest BCUT2D eigenvalue weighted by atomic mass is 32.2. The molecule has 0 aliphatic carbocycles. The van der Waals surface area contributed by atoms with Crippen molar-refractivity contribution in [3.05, 3.63) is 59.7 Å². The van der Waals surface area contributed by atoms with Gasteiger partial charge in [0.25, 0.3) is 0 Å². The Hall–Kier alpha value is -2.67. The molecule has 0 spiro atoms. The van der Waals surface area contributed by atoms with Crippen molar-refractivity contribution >= 4 is 23.4 Å². The number of carbonyl (C=O) groups is 1. The van der Waals surface area contributed by atoms with Gasteiger partial charge in [-0.25, -0.2) is 0 Å². The predicted octanol–water partition coefficient (Wildman–Crippen LogP) is 3.42. The zero-order valence-corrected chi connectivity index (χ0v) is 16.1. The zero-order chi connectivity index (χ0) is 18.7. The fraction of sp³-hybridized carbons (Fsp3) is 0.263. The van der Waals surface area contributed by atoms with Crippen LogP contribution in [0.3, 0.4) is 0 Å². The number of para-hydroxylation sites is 1. The SMILES string of the molecule is Cc1ccc(-n2nnnc2SC(C)C(=O)N(C)c2ccccc2)cc1C. The molecular weight excluding hydrogens is 346 g/mol. The van der Waals surface area contributed by atoms with E-state index >= 15 is 0 Å². The number of carbonyl (C=O) groups excluding carboxylic acids is 1. The van der Waals surface area contributed by atoms with Gasteiger partial charge in [0, 0.05) is 12.7 Å². The number of thioether (sulfide) groups is 1. The molecule has 1 unspecified atom stereocenters. The molecule has 3 rings (SSSR count). The van der Waals surface area contributed by atoms with Gasteiger partial charge in [-0.2, -0.15) is 4.68 Å². The number of hydrogen-bond donors (Lipinski definition) is 0. The van der Waals surface area contributed by atoms with E-state index in [9.17, 15) is 4.79 Å². The first-order valence-electron chi connectivity index (χ1n) is 8.32. The summed E-state index contributed by atoms with van der Waals surface area (Å²) in [6.45, 7) is 5.98. The average Bonchev–Trinajstić information content (AvgIpc) is 3.11. The van der Waals surface area contributed by atoms with Crippen LogP contribution >= 0.6 is 11.8 Å². The van der Waals surface area contributed by atoms with Crippen LogP contribution in [0.4, 0.5) is 5.69 Å². The summed E-state index contributed by atoms with van der Waals surface area (Å²) >= 11 is 1.35. The second kappa shape index (κ2) is 7.70. The van der Waals surface area contributed by atoms with Crippen molar-refractivity contribution in [2.75, 3.05) is 11.9 Å². The number of rotatable bonds is 5. The van der Waals surface area contributed by atoms with Crippen LogP contribution < -0.4 is 4.90 Å². The number of hydrogen-bond acceptors (Lipinski definition) is 5. The quantitative estimate of drug-likeness (QED) is 0.647. The minimum Gasteiger partial charge on any atom is -0.315 e. The smallest absolute Gasteiger partial charge is 0.240 e. The van der Waals surface area contributed by atoms with E-state index in [1.54, 1.807) is 16.6 Å². The van der Waals surface area contributed by atoms with E-state index in [4.69, 9.17) is 0 Å². The fourth-order valence-electron chi connectivity index (χ4n) is 2.53. The van der Waals surface area contributed by atoms with E-state index in [-0.39, 0.29) is 11.2 Å². The average molecular weight is 367 g/mol. The van der Waals surface area contributed by atoms with Crippen LogP contribution in [0.1, 0.15) is 18.1 Å². The lowest BCUT2D eigenvalue weighted by molar-refractivity contribution is -0.117. The van der Waals surface area contributed by atoms with E-state index in [2.05, 4.69) is 29.4 Å². The number of aryl methyl sites for hydroxylation is 2. The van der Waals surface area contributed by atoms with Gasteiger partial charge < -0.3 is 4.90 Å². The zero-order valence-electron chi connectivity index (χ0n) is 15.2. The molecule has 2 aromatic carbocycles. The van der Waals surface area contributed by atoms with Crippen molar-refractivity contribution in [2.24, 2.45) is 0 Å². The Balaban J connectivity index is 1.78. The van der Waals surface area contributed by atoms with Crippen molar-refractivity contribution in [1.82, 2.24) is 20.2 Å². The molecule has 0 aliphatic rings. The molecule has 0 aliphatic heterocycles. The predicted molar refractivity (Wildman–Crippen MR) is 104 cm³/mol. The molecule has 1 heterocycles. The van der Waals surface area contributed by atoms with Crippen LogP contribution in [0.2, 0.25) is 0 Å². The highest BCUT2D eigenvalue weighted by Crippen LogP contribution is 2.26. The Bertz CT molecular complexity index is 909. The molecule has 6 nitrogen and oxygen atoms in total. The van der Waals surface area contributed by atoms with Crippen LogP contribution in [0.15, 0.2) is 53.7 Å². The van der Waals surface area contributed by atoms with Crippen LogP contribution in [0.25, 0.3) is 5.69 Å². The van der Waals surface area contributed by atoms with Crippen LogP contribution in [0, 0.1) is 13.8 Å². The molecule has 1 amide bonds. The molecular formula is C19H21N5OS. The molecule has 134 valence electrons. The molecule has 7 heteroatoms. The Labute approximate surface area is 157 Å². The van der Waals surface area contributed by atoms with Gasteiger partial charge in [-0.05, 0) is 66.6 Å². The summed E-state index contributed by atoms with van der Waals surface area (Å²) in [5.41, 5.74) is 4.13. The van der Waals surface area contributed by atoms with Crippen molar-refractivity contribution < 1.29 is 4.79 Å². The third-order valence-electron chi connectivity index (χ3n) is 4.28. The van der Waals surface area contributed by atoms with Gasteiger partial charge in [0.2, 0.25) is 11.1 Å². The van der Waals surface area contributed by atoms with Crippen LogP contribution in [0.5, 0.6) is 0 Å². The normalized spacial score (nSPS) is 12.0. The molecule has 0 N–H and O–H groups in total. The van der Waals surface area contributed by atoms with Gasteiger partial charge in [-0.3, -0.25) is 4.79 Å². The largest absolute Gasteiger partial charge is 0.315 e. The third-order valence-corrected chi connectivity index (χ3v) is 5.30. The summed E-state index contributed by atoms with van der Waals surface area (Å²) in [5.74, 6) is -0.00385. The lowest BCUT2D eigenvalue weighted by Crippen LogP contribution is -2.33. The molecule has 26 heavy (non-hydrogen) atoms. The number of amides is 1. The summed E-state index contributed by atoms with van der Waals surface area (Å²) in [6, 6.07) is 15.6. The molecule has 0 saturated heterocycles. The molecule has 0 fully saturated rings. The minimum absolute atomic E-state index is 0.00385. The lowest BCUT2D eigenvalue weighted by Gasteiger charge is -2.20. The fourth-order valence-corrected chi connectivity index (χ4v) is 3.43. The number of nitrogens with zero attached hydrogens (tertiary/aromatic N) is 5. The Morgan fingerprint density at radius 3 is 2.54 bits per heavy atom. The standard InChI is InChI=1S/C19H21N5OS/c1-13-10-11-17(12-14(13)2)24-19(20-21-22-24)26-15(3)18(25)23(4)16-8-6-5-7-9-16/h5-12,15H,1-4H3. The first-order valence-corrected chi connectivity index (χ1v) is 9.20. The van der Waals surface area contributed by atoms with Crippen molar-refractivity contribution in [3.8, 4) is 5.69 Å². The molecule has 0 bridgehead atoms. The summed E-state index contributed by atoms with van der Waals surface area (Å²) in [6.07, 6.45) is 0. The second-order valence-electron chi connectivity index (χ2n) is 6.13. The van der Waals surface area contributed by atoms with Gasteiger partial charge in [-0.15, -0.1) is 5.10 Å². The molecule has 0 saturated carbocycles. The summed E-state index contributed by atoms with van der Waals surface area (Å²) in [7, 11) is 1.78. The maximum absolute atomic E-state index is 12.7. The monoisotopic (exact) mass is 367 g/mol. The molecule has 1 atom stereocenters. The van der Waals surface area contributed by atoms with Crippen molar-refractivity contribution in [3.63, 3.8) is 0 Å². The summed E-state index contributed by atoms with van der Waals surface area (Å²) < 4.78 is 1.67. The molecule has 1 aromatic heterocycles.